The zero-order chi connectivity index (χ0) is 14.8. The Balaban J connectivity index is 1.67. The maximum Gasteiger partial charge on any atom is 0.185 e. The largest absolute Gasteiger partial charge is 0.343 e. The van der Waals surface area contributed by atoms with Gasteiger partial charge in [-0.25, -0.2) is 4.98 Å². The predicted octanol–water partition coefficient (Wildman–Crippen LogP) is 2.88. The van der Waals surface area contributed by atoms with Crippen LogP contribution in [0.2, 0.25) is 0 Å². The van der Waals surface area contributed by atoms with Crippen LogP contribution in [0.1, 0.15) is 51.8 Å². The van der Waals surface area contributed by atoms with Crippen molar-refractivity contribution >= 4 is 16.5 Å². The summed E-state index contributed by atoms with van der Waals surface area (Å²) < 4.78 is 0. The monoisotopic (exact) mass is 308 g/mol. The number of piperazine rings is 1. The van der Waals surface area contributed by atoms with E-state index in [9.17, 15) is 0 Å². The van der Waals surface area contributed by atoms with E-state index in [0.717, 1.165) is 19.1 Å². The van der Waals surface area contributed by atoms with Crippen molar-refractivity contribution < 1.29 is 0 Å². The molecule has 1 aromatic rings. The second-order valence-electron chi connectivity index (χ2n) is 6.52. The van der Waals surface area contributed by atoms with Crippen molar-refractivity contribution in [2.24, 2.45) is 0 Å². The highest BCUT2D eigenvalue weighted by atomic mass is 32.1. The van der Waals surface area contributed by atoms with Crippen molar-refractivity contribution in [2.45, 2.75) is 58.2 Å². The van der Waals surface area contributed by atoms with Crippen LogP contribution in [0, 0.1) is 0 Å². The van der Waals surface area contributed by atoms with Crippen LogP contribution in [-0.4, -0.2) is 48.1 Å². The fourth-order valence-corrected chi connectivity index (χ4v) is 4.56. The summed E-state index contributed by atoms with van der Waals surface area (Å²) >= 11 is 1.81. The van der Waals surface area contributed by atoms with Gasteiger partial charge >= 0.3 is 0 Å². The summed E-state index contributed by atoms with van der Waals surface area (Å²) in [6, 6.07) is 1.69. The molecule has 1 N–H and O–H groups in total. The van der Waals surface area contributed by atoms with Crippen LogP contribution < -0.4 is 10.2 Å². The highest BCUT2D eigenvalue weighted by molar-refractivity contribution is 7.13. The molecule has 4 nitrogen and oxygen atoms in total. The molecule has 2 fully saturated rings. The maximum atomic E-state index is 4.91. The summed E-state index contributed by atoms with van der Waals surface area (Å²) in [4.78, 5) is 10.1. The molecule has 5 heteroatoms. The van der Waals surface area contributed by atoms with Crippen LogP contribution in [0.3, 0.4) is 0 Å². The van der Waals surface area contributed by atoms with Gasteiger partial charge in [-0.2, -0.15) is 0 Å². The Kier molecular flexibility index (Phi) is 4.82. The summed E-state index contributed by atoms with van der Waals surface area (Å²) in [5.41, 5.74) is 1.20. The highest BCUT2D eigenvalue weighted by Gasteiger charge is 2.35. The number of thiazole rings is 1. The summed E-state index contributed by atoms with van der Waals surface area (Å²) in [7, 11) is 0. The third-order valence-corrected chi connectivity index (χ3v) is 5.73. The number of nitrogens with zero attached hydrogens (tertiary/aromatic N) is 3. The Labute approximate surface area is 132 Å². The molecule has 1 aromatic heterocycles. The first-order chi connectivity index (χ1) is 10.2. The van der Waals surface area contributed by atoms with E-state index in [2.05, 4.69) is 41.3 Å². The molecule has 0 aromatic carbocycles. The zero-order valence-electron chi connectivity index (χ0n) is 13.5. The molecule has 0 amide bonds. The fraction of sp³-hybridized carbons (Fsp3) is 0.812. The Morgan fingerprint density at radius 3 is 3.14 bits per heavy atom. The smallest absolute Gasteiger partial charge is 0.185 e. The third-order valence-electron chi connectivity index (χ3n) is 4.84. The van der Waals surface area contributed by atoms with E-state index in [0.29, 0.717) is 12.1 Å². The highest BCUT2D eigenvalue weighted by Crippen LogP contribution is 2.31. The molecule has 3 rings (SSSR count). The quantitative estimate of drug-likeness (QED) is 0.906. The maximum absolute atomic E-state index is 4.91. The minimum absolute atomic E-state index is 0.359. The van der Waals surface area contributed by atoms with Crippen LogP contribution in [0.5, 0.6) is 0 Å². The van der Waals surface area contributed by atoms with Gasteiger partial charge in [0.15, 0.2) is 5.13 Å². The first-order valence-corrected chi connectivity index (χ1v) is 9.26. The lowest BCUT2D eigenvalue weighted by atomic mass is 10.1. The van der Waals surface area contributed by atoms with E-state index in [4.69, 9.17) is 4.98 Å². The van der Waals surface area contributed by atoms with Crippen LogP contribution in [0.25, 0.3) is 0 Å². The van der Waals surface area contributed by atoms with E-state index in [1.807, 2.05) is 11.3 Å². The Morgan fingerprint density at radius 1 is 1.48 bits per heavy atom. The third kappa shape index (κ3) is 3.25. The number of aromatic nitrogens is 1. The van der Waals surface area contributed by atoms with Gasteiger partial charge in [0.2, 0.25) is 0 Å². The topological polar surface area (TPSA) is 31.4 Å². The summed E-state index contributed by atoms with van der Waals surface area (Å²) in [5, 5.41) is 6.98. The van der Waals surface area contributed by atoms with Crippen LogP contribution in [0.4, 0.5) is 5.13 Å². The summed E-state index contributed by atoms with van der Waals surface area (Å²) in [6.45, 7) is 11.5. The van der Waals surface area contributed by atoms with Crippen LogP contribution in [0.15, 0.2) is 5.38 Å². The number of rotatable bonds is 5. The van der Waals surface area contributed by atoms with E-state index < -0.39 is 0 Å². The van der Waals surface area contributed by atoms with E-state index >= 15 is 0 Å². The molecule has 0 radical (unpaired) electrons. The molecule has 2 saturated heterocycles. The Bertz CT molecular complexity index is 461. The van der Waals surface area contributed by atoms with Gasteiger partial charge < -0.3 is 10.2 Å². The predicted molar refractivity (Wildman–Crippen MR) is 90.2 cm³/mol. The van der Waals surface area contributed by atoms with Crippen molar-refractivity contribution in [2.75, 3.05) is 31.1 Å². The molecule has 2 aliphatic rings. The lowest BCUT2D eigenvalue weighted by Gasteiger charge is -2.42. The van der Waals surface area contributed by atoms with Crippen molar-refractivity contribution in [1.29, 1.82) is 0 Å². The number of hydrogen-bond donors (Lipinski definition) is 1. The lowest BCUT2D eigenvalue weighted by molar-refractivity contribution is 0.203. The minimum atomic E-state index is 0.359. The Hall–Kier alpha value is -0.650. The van der Waals surface area contributed by atoms with Gasteiger partial charge in [-0.15, -0.1) is 11.3 Å². The number of hydrogen-bond acceptors (Lipinski definition) is 5. The molecule has 21 heavy (non-hydrogen) atoms. The molecule has 118 valence electrons. The molecule has 3 heterocycles. The second-order valence-corrected chi connectivity index (χ2v) is 7.36. The van der Waals surface area contributed by atoms with Crippen molar-refractivity contribution in [3.8, 4) is 0 Å². The second kappa shape index (κ2) is 6.63. The van der Waals surface area contributed by atoms with Crippen LogP contribution >= 0.6 is 11.3 Å². The van der Waals surface area contributed by atoms with Gasteiger partial charge in [0.05, 0.1) is 5.69 Å². The standard InChI is InChI=1S/C16H28N4S/c1-4-7-17-13(3)15-11-21-16(18-15)20-10-14-6-5-8-19(14)9-12(20)2/h11-14,17H,4-10H2,1-3H3. The van der Waals surface area contributed by atoms with Gasteiger partial charge in [-0.1, -0.05) is 6.92 Å². The first-order valence-electron chi connectivity index (χ1n) is 8.38. The van der Waals surface area contributed by atoms with Gasteiger partial charge in [0.1, 0.15) is 0 Å². The molecular formula is C16H28N4S. The van der Waals surface area contributed by atoms with Gasteiger partial charge in [-0.05, 0) is 46.2 Å². The summed E-state index contributed by atoms with van der Waals surface area (Å²) in [6.07, 6.45) is 3.89. The SMILES string of the molecule is CCCNC(C)c1csc(N2CC3CCCN3CC2C)n1. The lowest BCUT2D eigenvalue weighted by Crippen LogP contribution is -2.55. The Morgan fingerprint density at radius 2 is 2.33 bits per heavy atom. The number of anilines is 1. The molecule has 2 aliphatic heterocycles. The van der Waals surface area contributed by atoms with Crippen molar-refractivity contribution in [1.82, 2.24) is 15.2 Å². The molecule has 0 aliphatic carbocycles. The fourth-order valence-electron chi connectivity index (χ4n) is 3.53. The van der Waals surface area contributed by atoms with Gasteiger partial charge in [0, 0.05) is 36.6 Å². The molecule has 3 unspecified atom stereocenters. The van der Waals surface area contributed by atoms with Crippen molar-refractivity contribution in [3.05, 3.63) is 11.1 Å². The number of fused-ring (bicyclic) bond motifs is 1. The number of nitrogens with one attached hydrogen (secondary N) is 1. The molecule has 0 bridgehead atoms. The zero-order valence-corrected chi connectivity index (χ0v) is 14.3. The minimum Gasteiger partial charge on any atom is -0.343 e. The normalized spacial score (nSPS) is 27.9. The molecule has 3 atom stereocenters. The van der Waals surface area contributed by atoms with Gasteiger partial charge in [-0.3, -0.25) is 4.90 Å². The molecule has 0 saturated carbocycles. The van der Waals surface area contributed by atoms with Gasteiger partial charge in [0.25, 0.3) is 0 Å². The molecular weight excluding hydrogens is 280 g/mol. The van der Waals surface area contributed by atoms with E-state index in [-0.39, 0.29) is 0 Å². The van der Waals surface area contributed by atoms with Crippen molar-refractivity contribution in [3.63, 3.8) is 0 Å². The average Bonchev–Trinajstić information content (AvgIpc) is 3.11. The van der Waals surface area contributed by atoms with Crippen LogP contribution in [-0.2, 0) is 0 Å². The average molecular weight is 308 g/mol. The van der Waals surface area contributed by atoms with E-state index in [1.54, 1.807) is 0 Å². The first kappa shape index (κ1) is 15.3. The van der Waals surface area contributed by atoms with E-state index in [1.165, 1.54) is 43.2 Å². The summed E-state index contributed by atoms with van der Waals surface area (Å²) in [5.74, 6) is 0. The molecule has 0 spiro atoms.